The van der Waals surface area contributed by atoms with E-state index in [4.69, 9.17) is 9.72 Å². The molecule has 0 N–H and O–H groups in total. The Labute approximate surface area is 168 Å². The Morgan fingerprint density at radius 1 is 1.00 bits per heavy atom. The summed E-state index contributed by atoms with van der Waals surface area (Å²) in [6.07, 6.45) is 1.59. The molecular formula is C22H22FN5O. The summed E-state index contributed by atoms with van der Waals surface area (Å²) in [5.41, 5.74) is 2.17. The predicted octanol–water partition coefficient (Wildman–Crippen LogP) is 3.76. The van der Waals surface area contributed by atoms with Gasteiger partial charge in [0.25, 0.3) is 0 Å². The number of aromatic nitrogens is 4. The van der Waals surface area contributed by atoms with Gasteiger partial charge in [-0.15, -0.1) is 10.2 Å². The first-order chi connectivity index (χ1) is 14.2. The minimum Gasteiger partial charge on any atom is -0.485 e. The molecule has 0 radical (unpaired) electrons. The van der Waals surface area contributed by atoms with Gasteiger partial charge in [0, 0.05) is 24.7 Å². The first kappa shape index (κ1) is 18.0. The first-order valence-electron chi connectivity index (χ1n) is 9.88. The van der Waals surface area contributed by atoms with E-state index < -0.39 is 12.3 Å². The SMILES string of the molecule is CN1CC[C@@H](F)[C@H](Oc2cccc3ccc(-c4nnc5ccccn45)nc23)CC1. The van der Waals surface area contributed by atoms with E-state index in [2.05, 4.69) is 15.1 Å². The minimum atomic E-state index is -0.987. The lowest BCUT2D eigenvalue weighted by Gasteiger charge is -2.21. The summed E-state index contributed by atoms with van der Waals surface area (Å²) in [4.78, 5) is 6.96. The molecule has 0 amide bonds. The van der Waals surface area contributed by atoms with Crippen LogP contribution in [-0.4, -0.2) is 56.9 Å². The fraction of sp³-hybridized carbons (Fsp3) is 0.318. The highest BCUT2D eigenvalue weighted by atomic mass is 19.1. The largest absolute Gasteiger partial charge is 0.485 e. The topological polar surface area (TPSA) is 55.5 Å². The first-order valence-corrected chi connectivity index (χ1v) is 9.88. The maximum Gasteiger partial charge on any atom is 0.187 e. The number of pyridine rings is 2. The number of halogens is 1. The van der Waals surface area contributed by atoms with Crippen molar-refractivity contribution in [1.29, 1.82) is 0 Å². The van der Waals surface area contributed by atoms with E-state index in [1.165, 1.54) is 0 Å². The Bertz CT molecular complexity index is 1160. The average molecular weight is 391 g/mol. The highest BCUT2D eigenvalue weighted by Gasteiger charge is 2.27. The quantitative estimate of drug-likeness (QED) is 0.532. The molecule has 0 unspecified atom stereocenters. The van der Waals surface area contributed by atoms with E-state index in [9.17, 15) is 4.39 Å². The van der Waals surface area contributed by atoms with E-state index in [0.717, 1.165) is 24.1 Å². The molecule has 29 heavy (non-hydrogen) atoms. The minimum absolute atomic E-state index is 0.468. The van der Waals surface area contributed by atoms with Gasteiger partial charge in [-0.25, -0.2) is 9.37 Å². The second kappa shape index (κ2) is 7.40. The summed E-state index contributed by atoms with van der Waals surface area (Å²) in [6.45, 7) is 1.57. The molecule has 1 aliphatic rings. The molecule has 0 spiro atoms. The number of ether oxygens (including phenoxy) is 1. The van der Waals surface area contributed by atoms with Crippen molar-refractivity contribution >= 4 is 16.6 Å². The fourth-order valence-corrected chi connectivity index (χ4v) is 3.82. The van der Waals surface area contributed by atoms with Crippen LogP contribution in [0.3, 0.4) is 0 Å². The smallest absolute Gasteiger partial charge is 0.187 e. The van der Waals surface area contributed by atoms with Crippen molar-refractivity contribution in [3.63, 3.8) is 0 Å². The molecule has 1 saturated heterocycles. The molecule has 4 aromatic rings. The van der Waals surface area contributed by atoms with Crippen LogP contribution < -0.4 is 4.74 Å². The van der Waals surface area contributed by atoms with Crippen LogP contribution in [0.4, 0.5) is 4.39 Å². The zero-order chi connectivity index (χ0) is 19.8. The number of alkyl halides is 1. The average Bonchev–Trinajstić information content (AvgIpc) is 3.12. The van der Waals surface area contributed by atoms with Gasteiger partial charge in [0.1, 0.15) is 29.2 Å². The highest BCUT2D eigenvalue weighted by Crippen LogP contribution is 2.30. The standard InChI is InChI=1S/C22H22FN5O/c1-27-13-10-16(23)18(11-14-27)29-19-6-4-5-15-8-9-17(24-21(15)19)22-26-25-20-7-2-3-12-28(20)22/h2-9,12,16,18H,10-11,13-14H2,1H3/t16-,18-/m1/s1. The molecule has 0 saturated carbocycles. The van der Waals surface area contributed by atoms with E-state index >= 15 is 0 Å². The van der Waals surface area contributed by atoms with Gasteiger partial charge in [-0.2, -0.15) is 0 Å². The summed E-state index contributed by atoms with van der Waals surface area (Å²) in [5.74, 6) is 1.27. The Hall–Kier alpha value is -3.06. The molecule has 6 nitrogen and oxygen atoms in total. The van der Waals surface area contributed by atoms with Gasteiger partial charge in [0.2, 0.25) is 0 Å². The summed E-state index contributed by atoms with van der Waals surface area (Å²) in [7, 11) is 2.02. The molecule has 7 heteroatoms. The molecule has 0 bridgehead atoms. The van der Waals surface area contributed by atoms with Gasteiger partial charge in [0.05, 0.1) is 0 Å². The third-order valence-electron chi connectivity index (χ3n) is 5.49. The molecule has 0 aliphatic carbocycles. The zero-order valence-corrected chi connectivity index (χ0v) is 16.2. The molecule has 148 valence electrons. The van der Waals surface area contributed by atoms with Crippen molar-refractivity contribution in [2.24, 2.45) is 0 Å². The lowest BCUT2D eigenvalue weighted by Crippen LogP contribution is -2.28. The molecular weight excluding hydrogens is 369 g/mol. The fourth-order valence-electron chi connectivity index (χ4n) is 3.82. The lowest BCUT2D eigenvalue weighted by molar-refractivity contribution is 0.0982. The summed E-state index contributed by atoms with van der Waals surface area (Å²) in [5, 5.41) is 9.45. The summed E-state index contributed by atoms with van der Waals surface area (Å²) < 4.78 is 22.7. The second-order valence-corrected chi connectivity index (χ2v) is 7.53. The number of hydrogen-bond acceptors (Lipinski definition) is 5. The molecule has 1 aliphatic heterocycles. The number of para-hydroxylation sites is 1. The number of rotatable bonds is 3. The van der Waals surface area contributed by atoms with Crippen molar-refractivity contribution in [2.75, 3.05) is 20.1 Å². The van der Waals surface area contributed by atoms with Crippen LogP contribution in [0.5, 0.6) is 5.75 Å². The maximum absolute atomic E-state index is 14.7. The monoisotopic (exact) mass is 391 g/mol. The third-order valence-corrected chi connectivity index (χ3v) is 5.49. The Morgan fingerprint density at radius 2 is 1.90 bits per heavy atom. The van der Waals surface area contributed by atoms with E-state index in [0.29, 0.717) is 35.6 Å². The molecule has 1 fully saturated rings. The second-order valence-electron chi connectivity index (χ2n) is 7.53. The van der Waals surface area contributed by atoms with Crippen molar-refractivity contribution < 1.29 is 9.13 Å². The van der Waals surface area contributed by atoms with Crippen molar-refractivity contribution in [3.8, 4) is 17.3 Å². The molecule has 1 aromatic carbocycles. The van der Waals surface area contributed by atoms with Gasteiger partial charge in [-0.1, -0.05) is 24.3 Å². The third kappa shape index (κ3) is 3.42. The van der Waals surface area contributed by atoms with Gasteiger partial charge >= 0.3 is 0 Å². The van der Waals surface area contributed by atoms with Crippen molar-refractivity contribution in [2.45, 2.75) is 25.1 Å². The number of hydrogen-bond donors (Lipinski definition) is 0. The zero-order valence-electron chi connectivity index (χ0n) is 16.2. The van der Waals surface area contributed by atoms with Crippen LogP contribution in [0.2, 0.25) is 0 Å². The number of nitrogens with zero attached hydrogens (tertiary/aromatic N) is 5. The van der Waals surface area contributed by atoms with Gasteiger partial charge < -0.3 is 9.64 Å². The molecule has 5 rings (SSSR count). The Kier molecular flexibility index (Phi) is 4.60. The van der Waals surface area contributed by atoms with E-state index in [1.807, 2.05) is 66.2 Å². The number of benzene rings is 1. The summed E-state index contributed by atoms with van der Waals surface area (Å²) >= 11 is 0. The maximum atomic E-state index is 14.7. The van der Waals surface area contributed by atoms with Gasteiger partial charge in [-0.3, -0.25) is 4.40 Å². The lowest BCUT2D eigenvalue weighted by atomic mass is 10.1. The van der Waals surface area contributed by atoms with Crippen LogP contribution in [0, 0.1) is 0 Å². The van der Waals surface area contributed by atoms with E-state index in [1.54, 1.807) is 0 Å². The van der Waals surface area contributed by atoms with Crippen molar-refractivity contribution in [3.05, 3.63) is 54.7 Å². The van der Waals surface area contributed by atoms with Crippen molar-refractivity contribution in [1.82, 2.24) is 24.5 Å². The van der Waals surface area contributed by atoms with Gasteiger partial charge in [0.15, 0.2) is 11.5 Å². The van der Waals surface area contributed by atoms with Crippen LogP contribution in [0.25, 0.3) is 28.1 Å². The summed E-state index contributed by atoms with van der Waals surface area (Å²) in [6, 6.07) is 15.4. The number of fused-ring (bicyclic) bond motifs is 2. The van der Waals surface area contributed by atoms with Gasteiger partial charge in [-0.05, 0) is 44.2 Å². The normalized spacial score (nSPS) is 20.8. The molecule has 4 heterocycles. The van der Waals surface area contributed by atoms with Crippen LogP contribution >= 0.6 is 0 Å². The Morgan fingerprint density at radius 3 is 2.83 bits per heavy atom. The molecule has 2 atom stereocenters. The molecule has 3 aromatic heterocycles. The predicted molar refractivity (Wildman–Crippen MR) is 110 cm³/mol. The van der Waals surface area contributed by atoms with E-state index in [-0.39, 0.29) is 0 Å². The van der Waals surface area contributed by atoms with Crippen LogP contribution in [0.15, 0.2) is 54.7 Å². The Balaban J connectivity index is 1.54. The van der Waals surface area contributed by atoms with Crippen LogP contribution in [0.1, 0.15) is 12.8 Å². The number of likely N-dealkylation sites (tertiary alicyclic amines) is 1. The van der Waals surface area contributed by atoms with Crippen LogP contribution in [-0.2, 0) is 0 Å². The highest BCUT2D eigenvalue weighted by molar-refractivity contribution is 5.86.